The topological polar surface area (TPSA) is 46.3 Å². The second kappa shape index (κ2) is 6.11. The van der Waals surface area contributed by atoms with Gasteiger partial charge in [-0.05, 0) is 37.1 Å². The predicted molar refractivity (Wildman–Crippen MR) is 66.7 cm³/mol. The van der Waals surface area contributed by atoms with Crippen LogP contribution in [0.2, 0.25) is 0 Å². The highest BCUT2D eigenvalue weighted by Gasteiger charge is 2.27. The zero-order valence-corrected chi connectivity index (χ0v) is 10.6. The van der Waals surface area contributed by atoms with Crippen molar-refractivity contribution in [3.63, 3.8) is 0 Å². The number of likely N-dealkylation sites (tertiary alicyclic amines) is 1. The van der Waals surface area contributed by atoms with Gasteiger partial charge in [-0.15, -0.1) is 12.4 Å². The van der Waals surface area contributed by atoms with Crippen molar-refractivity contribution in [1.29, 1.82) is 0 Å². The van der Waals surface area contributed by atoms with Gasteiger partial charge in [-0.25, -0.2) is 8.78 Å². The van der Waals surface area contributed by atoms with Crippen LogP contribution in [0.25, 0.3) is 0 Å². The summed E-state index contributed by atoms with van der Waals surface area (Å²) < 4.78 is 26.4. The Morgan fingerprint density at radius 3 is 2.78 bits per heavy atom. The van der Waals surface area contributed by atoms with Gasteiger partial charge in [0.1, 0.15) is 11.6 Å². The molecule has 1 aliphatic rings. The second-order valence-corrected chi connectivity index (χ2v) is 4.27. The zero-order chi connectivity index (χ0) is 12.4. The molecule has 18 heavy (non-hydrogen) atoms. The number of halogens is 3. The first kappa shape index (κ1) is 14.9. The van der Waals surface area contributed by atoms with Crippen LogP contribution < -0.4 is 5.73 Å². The van der Waals surface area contributed by atoms with Crippen molar-refractivity contribution in [2.24, 2.45) is 11.7 Å². The molecule has 1 aliphatic heterocycles. The molecule has 0 aromatic heterocycles. The quantitative estimate of drug-likeness (QED) is 0.895. The van der Waals surface area contributed by atoms with Crippen molar-refractivity contribution in [1.82, 2.24) is 4.90 Å². The average Bonchev–Trinajstić information content (AvgIpc) is 2.80. The summed E-state index contributed by atoms with van der Waals surface area (Å²) in [5.41, 5.74) is 5.31. The molecule has 1 atom stereocenters. The van der Waals surface area contributed by atoms with Crippen molar-refractivity contribution in [3.05, 3.63) is 35.4 Å². The fraction of sp³-hybridized carbons (Fsp3) is 0.417. The van der Waals surface area contributed by atoms with Crippen molar-refractivity contribution >= 4 is 18.3 Å². The summed E-state index contributed by atoms with van der Waals surface area (Å²) in [6, 6.07) is 2.91. The van der Waals surface area contributed by atoms with E-state index in [0.717, 1.165) is 24.6 Å². The number of rotatable bonds is 2. The number of carbonyl (C=O) groups excluding carboxylic acids is 1. The minimum atomic E-state index is -0.687. The normalized spacial score (nSPS) is 18.6. The van der Waals surface area contributed by atoms with E-state index in [1.165, 1.54) is 4.90 Å². The Morgan fingerprint density at radius 2 is 2.17 bits per heavy atom. The van der Waals surface area contributed by atoms with Gasteiger partial charge in [0.25, 0.3) is 5.91 Å². The molecule has 2 N–H and O–H groups in total. The lowest BCUT2D eigenvalue weighted by Crippen LogP contribution is -2.30. The molecule has 0 spiro atoms. The summed E-state index contributed by atoms with van der Waals surface area (Å²) in [5.74, 6) is -1.49. The van der Waals surface area contributed by atoms with Crippen LogP contribution in [0.3, 0.4) is 0 Å². The molecule has 1 unspecified atom stereocenters. The Morgan fingerprint density at radius 1 is 1.44 bits per heavy atom. The molecular formula is C12H15ClF2N2O. The van der Waals surface area contributed by atoms with E-state index in [9.17, 15) is 13.6 Å². The summed E-state index contributed by atoms with van der Waals surface area (Å²) >= 11 is 0. The number of hydrogen-bond acceptors (Lipinski definition) is 2. The van der Waals surface area contributed by atoms with E-state index in [1.807, 2.05) is 0 Å². The highest BCUT2D eigenvalue weighted by molar-refractivity contribution is 5.94. The first-order valence-electron chi connectivity index (χ1n) is 5.56. The number of amides is 1. The lowest BCUT2D eigenvalue weighted by molar-refractivity contribution is 0.0782. The third kappa shape index (κ3) is 2.97. The molecule has 1 fully saturated rings. The van der Waals surface area contributed by atoms with Gasteiger partial charge in [0.15, 0.2) is 0 Å². The largest absolute Gasteiger partial charge is 0.338 e. The second-order valence-electron chi connectivity index (χ2n) is 4.27. The number of nitrogens with two attached hydrogens (primary N) is 1. The zero-order valence-electron chi connectivity index (χ0n) is 9.73. The molecule has 0 bridgehead atoms. The van der Waals surface area contributed by atoms with Gasteiger partial charge in [-0.2, -0.15) is 0 Å². The number of hydrogen-bond donors (Lipinski definition) is 1. The first-order chi connectivity index (χ1) is 8.11. The van der Waals surface area contributed by atoms with Crippen LogP contribution in [0, 0.1) is 17.6 Å². The van der Waals surface area contributed by atoms with Crippen LogP contribution in [-0.2, 0) is 0 Å². The first-order valence-corrected chi connectivity index (χ1v) is 5.56. The van der Waals surface area contributed by atoms with Gasteiger partial charge in [0.05, 0.1) is 5.56 Å². The molecule has 1 amide bonds. The third-order valence-electron chi connectivity index (χ3n) is 3.07. The Bertz CT molecular complexity index is 442. The average molecular weight is 277 g/mol. The Hall–Kier alpha value is -1.20. The van der Waals surface area contributed by atoms with Crippen LogP contribution in [0.15, 0.2) is 18.2 Å². The smallest absolute Gasteiger partial charge is 0.256 e. The summed E-state index contributed by atoms with van der Waals surface area (Å²) in [7, 11) is 0. The lowest BCUT2D eigenvalue weighted by atomic mass is 10.1. The van der Waals surface area contributed by atoms with Gasteiger partial charge in [0, 0.05) is 13.1 Å². The predicted octanol–water partition coefficient (Wildman–Crippen LogP) is 1.81. The van der Waals surface area contributed by atoms with Crippen molar-refractivity contribution < 1.29 is 13.6 Å². The standard InChI is InChI=1S/C12H14F2N2O.ClH/c13-9-1-2-11(14)10(5-9)12(17)16-4-3-8(6-15)7-16;/h1-2,5,8H,3-4,6-7,15H2;1H. The van der Waals surface area contributed by atoms with E-state index in [1.54, 1.807) is 0 Å². The third-order valence-corrected chi connectivity index (χ3v) is 3.07. The molecule has 0 saturated carbocycles. The van der Waals surface area contributed by atoms with Gasteiger partial charge < -0.3 is 10.6 Å². The van der Waals surface area contributed by atoms with Crippen LogP contribution >= 0.6 is 12.4 Å². The Kier molecular flexibility index (Phi) is 5.04. The van der Waals surface area contributed by atoms with Crippen molar-refractivity contribution in [2.75, 3.05) is 19.6 Å². The highest BCUT2D eigenvalue weighted by atomic mass is 35.5. The van der Waals surface area contributed by atoms with Crippen molar-refractivity contribution in [2.45, 2.75) is 6.42 Å². The fourth-order valence-electron chi connectivity index (χ4n) is 2.04. The van der Waals surface area contributed by atoms with E-state index < -0.39 is 17.5 Å². The molecule has 0 aliphatic carbocycles. The van der Waals surface area contributed by atoms with E-state index in [-0.39, 0.29) is 23.9 Å². The molecule has 1 heterocycles. The van der Waals surface area contributed by atoms with Gasteiger partial charge >= 0.3 is 0 Å². The highest BCUT2D eigenvalue weighted by Crippen LogP contribution is 2.19. The number of benzene rings is 1. The molecule has 0 radical (unpaired) electrons. The van der Waals surface area contributed by atoms with Crippen LogP contribution in [0.4, 0.5) is 8.78 Å². The van der Waals surface area contributed by atoms with E-state index >= 15 is 0 Å². The summed E-state index contributed by atoms with van der Waals surface area (Å²) in [6.45, 7) is 1.58. The number of carbonyl (C=O) groups is 1. The maximum atomic E-state index is 13.4. The van der Waals surface area contributed by atoms with Crippen LogP contribution in [0.5, 0.6) is 0 Å². The molecule has 1 aromatic carbocycles. The molecule has 100 valence electrons. The van der Waals surface area contributed by atoms with E-state index in [0.29, 0.717) is 19.6 Å². The molecule has 1 saturated heterocycles. The van der Waals surface area contributed by atoms with Gasteiger partial charge in [-0.3, -0.25) is 4.79 Å². The SMILES string of the molecule is Cl.NCC1CCN(C(=O)c2cc(F)ccc2F)C1. The molecule has 2 rings (SSSR count). The van der Waals surface area contributed by atoms with Crippen molar-refractivity contribution in [3.8, 4) is 0 Å². The minimum absolute atomic E-state index is 0. The maximum absolute atomic E-state index is 13.4. The van der Waals surface area contributed by atoms with E-state index in [4.69, 9.17) is 5.73 Å². The lowest BCUT2D eigenvalue weighted by Gasteiger charge is -2.16. The Labute approximate surface area is 110 Å². The molecule has 3 nitrogen and oxygen atoms in total. The molecular weight excluding hydrogens is 262 g/mol. The maximum Gasteiger partial charge on any atom is 0.256 e. The number of nitrogens with zero attached hydrogens (tertiary/aromatic N) is 1. The molecule has 1 aromatic rings. The monoisotopic (exact) mass is 276 g/mol. The Balaban J connectivity index is 0.00000162. The fourth-order valence-corrected chi connectivity index (χ4v) is 2.04. The summed E-state index contributed by atoms with van der Waals surface area (Å²) in [4.78, 5) is 13.5. The molecule has 6 heteroatoms. The van der Waals surface area contributed by atoms with Crippen LogP contribution in [-0.4, -0.2) is 30.4 Å². The summed E-state index contributed by atoms with van der Waals surface area (Å²) in [6.07, 6.45) is 0.819. The minimum Gasteiger partial charge on any atom is -0.338 e. The van der Waals surface area contributed by atoms with E-state index in [2.05, 4.69) is 0 Å². The van der Waals surface area contributed by atoms with Gasteiger partial charge in [0.2, 0.25) is 0 Å². The summed E-state index contributed by atoms with van der Waals surface area (Å²) in [5, 5.41) is 0. The van der Waals surface area contributed by atoms with Gasteiger partial charge in [-0.1, -0.05) is 0 Å². The van der Waals surface area contributed by atoms with Crippen LogP contribution in [0.1, 0.15) is 16.8 Å².